The number of rotatable bonds is 8. The molecule has 0 bridgehead atoms. The second kappa shape index (κ2) is 9.73. The van der Waals surface area contributed by atoms with E-state index in [9.17, 15) is 19.7 Å². The Morgan fingerprint density at radius 2 is 1.82 bits per heavy atom. The lowest BCUT2D eigenvalue weighted by Gasteiger charge is -2.12. The largest absolute Gasteiger partial charge is 0.350 e. The Hall–Kier alpha value is -4.53. The highest BCUT2D eigenvalue weighted by Gasteiger charge is 2.12. The molecule has 2 aromatic heterocycles. The van der Waals surface area contributed by atoms with Crippen molar-refractivity contribution in [2.45, 2.75) is 19.6 Å². The van der Waals surface area contributed by atoms with E-state index in [1.165, 1.54) is 0 Å². The molecule has 9 heteroatoms. The van der Waals surface area contributed by atoms with Crippen LogP contribution in [0.5, 0.6) is 0 Å². The molecule has 4 aromatic rings. The van der Waals surface area contributed by atoms with Gasteiger partial charge in [-0.3, -0.25) is 29.0 Å². The maximum Gasteiger partial charge on any atom is 0.285 e. The van der Waals surface area contributed by atoms with Gasteiger partial charge in [0.1, 0.15) is 6.54 Å². The predicted molar refractivity (Wildman–Crippen MR) is 122 cm³/mol. The molecule has 0 fully saturated rings. The van der Waals surface area contributed by atoms with Crippen molar-refractivity contribution in [3.05, 3.63) is 117 Å². The Balaban J connectivity index is 1.44. The fourth-order valence-electron chi connectivity index (χ4n) is 3.48. The zero-order chi connectivity index (χ0) is 23.2. The van der Waals surface area contributed by atoms with Gasteiger partial charge in [-0.15, -0.1) is 0 Å². The van der Waals surface area contributed by atoms with Gasteiger partial charge in [0, 0.05) is 31.1 Å². The van der Waals surface area contributed by atoms with Crippen LogP contribution in [0.25, 0.3) is 11.1 Å². The number of hydrogen-bond donors (Lipinski definition) is 1. The maximum absolute atomic E-state index is 12.4. The van der Waals surface area contributed by atoms with E-state index in [4.69, 9.17) is 0 Å². The molecular formula is C24H21N5O4. The number of nitro groups is 1. The second-order valence-electron chi connectivity index (χ2n) is 7.44. The van der Waals surface area contributed by atoms with Gasteiger partial charge in [0.15, 0.2) is 0 Å². The molecule has 4 rings (SSSR count). The normalized spacial score (nSPS) is 10.7. The average Bonchev–Trinajstić information content (AvgIpc) is 3.33. The molecule has 0 aliphatic heterocycles. The van der Waals surface area contributed by atoms with Crippen molar-refractivity contribution in [2.24, 2.45) is 0 Å². The summed E-state index contributed by atoms with van der Waals surface area (Å²) in [5, 5.41) is 17.9. The van der Waals surface area contributed by atoms with Crippen LogP contribution in [0, 0.1) is 10.1 Å². The number of pyridine rings is 1. The molecule has 0 aliphatic rings. The first-order valence-electron chi connectivity index (χ1n) is 10.3. The van der Waals surface area contributed by atoms with Gasteiger partial charge in [0.05, 0.1) is 17.7 Å². The third-order valence-corrected chi connectivity index (χ3v) is 5.15. The van der Waals surface area contributed by atoms with Crippen LogP contribution in [-0.4, -0.2) is 25.2 Å². The summed E-state index contributed by atoms with van der Waals surface area (Å²) in [6.45, 7) is 0.639. The highest BCUT2D eigenvalue weighted by atomic mass is 16.6. The smallest absolute Gasteiger partial charge is 0.285 e. The van der Waals surface area contributed by atoms with Crippen molar-refractivity contribution in [2.75, 3.05) is 0 Å². The Morgan fingerprint density at radius 1 is 1.03 bits per heavy atom. The number of amides is 1. The summed E-state index contributed by atoms with van der Waals surface area (Å²) >= 11 is 0. The molecule has 0 saturated heterocycles. The van der Waals surface area contributed by atoms with Crippen LogP contribution in [0.1, 0.15) is 11.1 Å². The highest BCUT2D eigenvalue weighted by molar-refractivity contribution is 5.76. The summed E-state index contributed by atoms with van der Waals surface area (Å²) in [4.78, 5) is 34.7. The number of carbonyl (C=O) groups is 1. The number of nitrogens with zero attached hydrogens (tertiary/aromatic N) is 4. The fraction of sp³-hybridized carbons (Fsp3) is 0.125. The molecule has 9 nitrogen and oxygen atoms in total. The van der Waals surface area contributed by atoms with E-state index in [-0.39, 0.29) is 18.8 Å². The Kier molecular flexibility index (Phi) is 6.40. The number of carbonyl (C=O) groups excluding carboxylic acids is 1. The number of hydrogen-bond acceptors (Lipinski definition) is 5. The van der Waals surface area contributed by atoms with E-state index in [0.717, 1.165) is 45.2 Å². The van der Waals surface area contributed by atoms with Crippen molar-refractivity contribution >= 4 is 11.6 Å². The van der Waals surface area contributed by atoms with E-state index < -0.39 is 16.4 Å². The first-order valence-corrected chi connectivity index (χ1v) is 10.3. The van der Waals surface area contributed by atoms with Gasteiger partial charge in [-0.05, 0) is 28.3 Å². The summed E-state index contributed by atoms with van der Waals surface area (Å²) in [7, 11) is 0. The van der Waals surface area contributed by atoms with E-state index in [1.54, 1.807) is 6.20 Å². The number of benzene rings is 2. The van der Waals surface area contributed by atoms with Gasteiger partial charge in [0.2, 0.25) is 5.91 Å². The first-order chi connectivity index (χ1) is 16.0. The molecule has 1 N–H and O–H groups in total. The third kappa shape index (κ3) is 5.40. The predicted octanol–water partition coefficient (Wildman–Crippen LogP) is 2.98. The molecule has 2 heterocycles. The summed E-state index contributed by atoms with van der Waals surface area (Å²) in [6.07, 6.45) is 4.72. The van der Waals surface area contributed by atoms with Crippen LogP contribution in [0.4, 0.5) is 5.69 Å². The van der Waals surface area contributed by atoms with Crippen molar-refractivity contribution < 1.29 is 9.72 Å². The maximum atomic E-state index is 12.4. The van der Waals surface area contributed by atoms with Gasteiger partial charge >= 0.3 is 0 Å². The summed E-state index contributed by atoms with van der Waals surface area (Å²) < 4.78 is 2.88. The van der Waals surface area contributed by atoms with Gasteiger partial charge in [-0.2, -0.15) is 5.10 Å². The average molecular weight is 443 g/mol. The monoisotopic (exact) mass is 443 g/mol. The van der Waals surface area contributed by atoms with E-state index in [1.807, 2.05) is 65.5 Å². The lowest BCUT2D eigenvalue weighted by Crippen LogP contribution is -2.31. The van der Waals surface area contributed by atoms with E-state index in [0.29, 0.717) is 6.54 Å². The van der Waals surface area contributed by atoms with Gasteiger partial charge in [0.25, 0.3) is 11.2 Å². The standard InChI is InChI=1S/C24H21N5O4/c30-23(17-27-16-21(29(32)33)10-11-24(27)31)25-14-20-4-1-2-5-22(20)19-8-6-18(7-9-19)15-28-13-3-12-26-28/h1-13,16H,14-15,17H2,(H,25,30). The summed E-state index contributed by atoms with van der Waals surface area (Å²) in [5.41, 5.74) is 3.30. The zero-order valence-corrected chi connectivity index (χ0v) is 17.6. The van der Waals surface area contributed by atoms with Crippen LogP contribution < -0.4 is 10.9 Å². The van der Waals surface area contributed by atoms with Gasteiger partial charge in [-0.25, -0.2) is 0 Å². The number of aromatic nitrogens is 3. The lowest BCUT2D eigenvalue weighted by atomic mass is 9.98. The van der Waals surface area contributed by atoms with Crippen LogP contribution in [-0.2, 0) is 24.4 Å². The summed E-state index contributed by atoms with van der Waals surface area (Å²) in [5.74, 6) is -0.415. The topological polar surface area (TPSA) is 112 Å². The Morgan fingerprint density at radius 3 is 2.55 bits per heavy atom. The quantitative estimate of drug-likeness (QED) is 0.332. The van der Waals surface area contributed by atoms with Crippen molar-refractivity contribution in [1.29, 1.82) is 0 Å². The molecule has 0 spiro atoms. The molecule has 0 unspecified atom stereocenters. The molecule has 0 radical (unpaired) electrons. The van der Waals surface area contributed by atoms with Gasteiger partial charge < -0.3 is 5.32 Å². The molecule has 33 heavy (non-hydrogen) atoms. The molecule has 1 amide bonds. The first kappa shape index (κ1) is 21.7. The molecule has 0 saturated carbocycles. The van der Waals surface area contributed by atoms with Crippen molar-refractivity contribution in [3.63, 3.8) is 0 Å². The van der Waals surface area contributed by atoms with E-state index in [2.05, 4.69) is 10.4 Å². The lowest BCUT2D eigenvalue weighted by molar-refractivity contribution is -0.385. The zero-order valence-electron chi connectivity index (χ0n) is 17.6. The SMILES string of the molecule is O=C(Cn1cc([N+](=O)[O-])ccc1=O)NCc1ccccc1-c1ccc(Cn2cccn2)cc1. The van der Waals surface area contributed by atoms with Crippen molar-refractivity contribution in [3.8, 4) is 11.1 Å². The highest BCUT2D eigenvalue weighted by Crippen LogP contribution is 2.24. The Labute approximate surface area is 189 Å². The number of nitrogens with one attached hydrogen (secondary N) is 1. The van der Waals surface area contributed by atoms with E-state index >= 15 is 0 Å². The molecular weight excluding hydrogens is 422 g/mol. The van der Waals surface area contributed by atoms with Gasteiger partial charge in [-0.1, -0.05) is 48.5 Å². The molecule has 0 atom stereocenters. The second-order valence-corrected chi connectivity index (χ2v) is 7.44. The summed E-state index contributed by atoms with van der Waals surface area (Å²) in [6, 6.07) is 20.0. The van der Waals surface area contributed by atoms with Crippen LogP contribution in [0.15, 0.2) is 90.1 Å². The molecule has 0 aliphatic carbocycles. The molecule has 166 valence electrons. The molecule has 2 aromatic carbocycles. The van der Waals surface area contributed by atoms with Crippen LogP contribution >= 0.6 is 0 Å². The third-order valence-electron chi connectivity index (χ3n) is 5.15. The minimum Gasteiger partial charge on any atom is -0.350 e. The van der Waals surface area contributed by atoms with Crippen LogP contribution in [0.3, 0.4) is 0 Å². The minimum absolute atomic E-state index is 0.247. The van der Waals surface area contributed by atoms with Crippen LogP contribution in [0.2, 0.25) is 0 Å². The Bertz CT molecular complexity index is 1330. The van der Waals surface area contributed by atoms with Crippen molar-refractivity contribution in [1.82, 2.24) is 19.7 Å². The fourth-order valence-corrected chi connectivity index (χ4v) is 3.48. The minimum atomic E-state index is -0.607.